The number of hydrogen-bond donors (Lipinski definition) is 2. The van der Waals surface area contributed by atoms with Crippen molar-refractivity contribution in [2.45, 2.75) is 18.9 Å². The van der Waals surface area contributed by atoms with Gasteiger partial charge in [0.05, 0.1) is 11.6 Å². The molecule has 21 heavy (non-hydrogen) atoms. The molecule has 6 nitrogen and oxygen atoms in total. The molecule has 0 spiro atoms. The molecule has 1 aromatic carbocycles. The van der Waals surface area contributed by atoms with Gasteiger partial charge < -0.3 is 11.1 Å². The van der Waals surface area contributed by atoms with Gasteiger partial charge in [0, 0.05) is 11.8 Å². The third kappa shape index (κ3) is 3.54. The average Bonchev–Trinajstić information content (AvgIpc) is 2.50. The third-order valence-electron chi connectivity index (χ3n) is 3.02. The standard InChI is InChI=1S/C15H14N4O2/c16-9-3-6-12(14(17)20)19-15(21)13-8-7-10-4-1-2-5-11(10)18-13/h1-2,4-5,7-8,12H,3,6H2,(H2,17,20)(H,19,21)/t12-/m0/s1. The average molecular weight is 282 g/mol. The molecule has 1 atom stereocenters. The van der Waals surface area contributed by atoms with Gasteiger partial charge in [-0.05, 0) is 18.6 Å². The van der Waals surface area contributed by atoms with Crippen molar-refractivity contribution in [3.8, 4) is 6.07 Å². The predicted molar refractivity (Wildman–Crippen MR) is 77.0 cm³/mol. The minimum Gasteiger partial charge on any atom is -0.368 e. The number of nitrogens with zero attached hydrogens (tertiary/aromatic N) is 2. The lowest BCUT2D eigenvalue weighted by molar-refractivity contribution is -0.119. The van der Waals surface area contributed by atoms with Crippen molar-refractivity contribution >= 4 is 22.7 Å². The van der Waals surface area contributed by atoms with E-state index < -0.39 is 17.9 Å². The number of benzene rings is 1. The number of amides is 2. The van der Waals surface area contributed by atoms with E-state index in [0.29, 0.717) is 5.52 Å². The van der Waals surface area contributed by atoms with Crippen LogP contribution >= 0.6 is 0 Å². The van der Waals surface area contributed by atoms with E-state index in [2.05, 4.69) is 10.3 Å². The Kier molecular flexibility index (Phi) is 4.46. The number of rotatable bonds is 5. The quantitative estimate of drug-likeness (QED) is 0.856. The monoisotopic (exact) mass is 282 g/mol. The topological polar surface area (TPSA) is 109 Å². The number of aromatic nitrogens is 1. The summed E-state index contributed by atoms with van der Waals surface area (Å²) in [5.74, 6) is -1.15. The fourth-order valence-corrected chi connectivity index (χ4v) is 1.92. The molecular weight excluding hydrogens is 268 g/mol. The van der Waals surface area contributed by atoms with Crippen molar-refractivity contribution < 1.29 is 9.59 Å². The first kappa shape index (κ1) is 14.5. The molecule has 0 aliphatic rings. The minimum atomic E-state index is -0.870. The van der Waals surface area contributed by atoms with Gasteiger partial charge in [-0.15, -0.1) is 0 Å². The second-order valence-electron chi connectivity index (χ2n) is 4.51. The Morgan fingerprint density at radius 2 is 2.05 bits per heavy atom. The number of nitrogens with one attached hydrogen (secondary N) is 1. The van der Waals surface area contributed by atoms with Crippen molar-refractivity contribution in [1.82, 2.24) is 10.3 Å². The highest BCUT2D eigenvalue weighted by molar-refractivity contribution is 5.97. The van der Waals surface area contributed by atoms with Gasteiger partial charge in [0.1, 0.15) is 11.7 Å². The lowest BCUT2D eigenvalue weighted by Gasteiger charge is -2.13. The van der Waals surface area contributed by atoms with Crippen LogP contribution in [0.5, 0.6) is 0 Å². The van der Waals surface area contributed by atoms with Crippen molar-refractivity contribution in [2.24, 2.45) is 5.73 Å². The van der Waals surface area contributed by atoms with Crippen molar-refractivity contribution in [1.29, 1.82) is 5.26 Å². The number of pyridine rings is 1. The molecule has 1 aromatic heterocycles. The number of nitriles is 1. The summed E-state index contributed by atoms with van der Waals surface area (Å²) < 4.78 is 0. The molecule has 0 aliphatic heterocycles. The molecule has 0 fully saturated rings. The first-order valence-corrected chi connectivity index (χ1v) is 6.44. The second-order valence-corrected chi connectivity index (χ2v) is 4.51. The molecule has 2 amide bonds. The van der Waals surface area contributed by atoms with Crippen LogP contribution in [0.1, 0.15) is 23.3 Å². The zero-order chi connectivity index (χ0) is 15.2. The van der Waals surface area contributed by atoms with Crippen LogP contribution < -0.4 is 11.1 Å². The summed E-state index contributed by atoms with van der Waals surface area (Å²) in [4.78, 5) is 27.6. The molecule has 0 saturated carbocycles. The van der Waals surface area contributed by atoms with Gasteiger partial charge >= 0.3 is 0 Å². The molecule has 0 aliphatic carbocycles. The van der Waals surface area contributed by atoms with E-state index in [1.807, 2.05) is 24.3 Å². The van der Waals surface area contributed by atoms with E-state index in [4.69, 9.17) is 11.0 Å². The smallest absolute Gasteiger partial charge is 0.270 e. The van der Waals surface area contributed by atoms with E-state index in [9.17, 15) is 9.59 Å². The Bertz CT molecular complexity index is 721. The van der Waals surface area contributed by atoms with E-state index in [1.165, 1.54) is 0 Å². The number of nitrogens with two attached hydrogens (primary N) is 1. The number of carbonyl (C=O) groups is 2. The van der Waals surface area contributed by atoms with Gasteiger partial charge in [-0.25, -0.2) is 4.98 Å². The maximum absolute atomic E-state index is 12.1. The highest BCUT2D eigenvalue weighted by Crippen LogP contribution is 2.12. The summed E-state index contributed by atoms with van der Waals surface area (Å²) >= 11 is 0. The van der Waals surface area contributed by atoms with Gasteiger partial charge in [0.15, 0.2) is 0 Å². The van der Waals surface area contributed by atoms with E-state index in [1.54, 1.807) is 18.2 Å². The lowest BCUT2D eigenvalue weighted by Crippen LogP contribution is -2.44. The second kappa shape index (κ2) is 6.48. The fourth-order valence-electron chi connectivity index (χ4n) is 1.92. The molecule has 2 aromatic rings. The van der Waals surface area contributed by atoms with Gasteiger partial charge in [-0.1, -0.05) is 24.3 Å². The number of para-hydroxylation sites is 1. The molecule has 0 bridgehead atoms. The van der Waals surface area contributed by atoms with Crippen LogP contribution in [-0.2, 0) is 4.79 Å². The fraction of sp³-hybridized carbons (Fsp3) is 0.200. The minimum absolute atomic E-state index is 0.138. The summed E-state index contributed by atoms with van der Waals surface area (Å²) in [6.07, 6.45) is 0.324. The molecule has 2 rings (SSSR count). The molecule has 0 unspecified atom stereocenters. The summed E-state index contributed by atoms with van der Waals surface area (Å²) in [7, 11) is 0. The van der Waals surface area contributed by atoms with E-state index in [0.717, 1.165) is 5.39 Å². The molecule has 1 heterocycles. The van der Waals surface area contributed by atoms with Gasteiger partial charge in [0.2, 0.25) is 5.91 Å². The molecule has 0 radical (unpaired) electrons. The van der Waals surface area contributed by atoms with Crippen LogP contribution in [0.3, 0.4) is 0 Å². The first-order chi connectivity index (χ1) is 10.1. The highest BCUT2D eigenvalue weighted by atomic mass is 16.2. The largest absolute Gasteiger partial charge is 0.368 e. The van der Waals surface area contributed by atoms with Crippen LogP contribution in [0.4, 0.5) is 0 Å². The van der Waals surface area contributed by atoms with Crippen molar-refractivity contribution in [3.05, 3.63) is 42.1 Å². The number of carbonyl (C=O) groups excluding carboxylic acids is 2. The molecular formula is C15H14N4O2. The Morgan fingerprint density at radius 3 is 2.76 bits per heavy atom. The SMILES string of the molecule is N#CCC[C@H](NC(=O)c1ccc2ccccc2n1)C(N)=O. The van der Waals surface area contributed by atoms with Gasteiger partial charge in [-0.3, -0.25) is 9.59 Å². The third-order valence-corrected chi connectivity index (χ3v) is 3.02. The summed E-state index contributed by atoms with van der Waals surface area (Å²) in [6.45, 7) is 0. The zero-order valence-corrected chi connectivity index (χ0v) is 11.2. The van der Waals surface area contributed by atoms with Crippen LogP contribution in [-0.4, -0.2) is 22.8 Å². The first-order valence-electron chi connectivity index (χ1n) is 6.44. The van der Waals surface area contributed by atoms with Crippen LogP contribution in [0.2, 0.25) is 0 Å². The zero-order valence-electron chi connectivity index (χ0n) is 11.2. The van der Waals surface area contributed by atoms with Crippen molar-refractivity contribution in [3.63, 3.8) is 0 Å². The molecule has 6 heteroatoms. The van der Waals surface area contributed by atoms with E-state index >= 15 is 0 Å². The van der Waals surface area contributed by atoms with E-state index in [-0.39, 0.29) is 18.5 Å². The van der Waals surface area contributed by atoms with Gasteiger partial charge in [-0.2, -0.15) is 5.26 Å². The Hall–Kier alpha value is -2.94. The number of hydrogen-bond acceptors (Lipinski definition) is 4. The molecule has 106 valence electrons. The maximum Gasteiger partial charge on any atom is 0.270 e. The summed E-state index contributed by atoms with van der Waals surface area (Å²) in [6, 6.07) is 11.8. The summed E-state index contributed by atoms with van der Waals surface area (Å²) in [5, 5.41) is 12.0. The lowest BCUT2D eigenvalue weighted by atomic mass is 10.1. The summed E-state index contributed by atoms with van der Waals surface area (Å²) in [5.41, 5.74) is 6.11. The Balaban J connectivity index is 2.17. The van der Waals surface area contributed by atoms with Crippen molar-refractivity contribution in [2.75, 3.05) is 0 Å². The maximum atomic E-state index is 12.1. The van der Waals surface area contributed by atoms with Crippen LogP contribution in [0.15, 0.2) is 36.4 Å². The Labute approximate surface area is 121 Å². The molecule has 0 saturated heterocycles. The normalized spacial score (nSPS) is 11.6. The van der Waals surface area contributed by atoms with Gasteiger partial charge in [0.25, 0.3) is 5.91 Å². The number of primary amides is 1. The predicted octanol–water partition coefficient (Wildman–Crippen LogP) is 1.12. The highest BCUT2D eigenvalue weighted by Gasteiger charge is 2.19. The number of fused-ring (bicyclic) bond motifs is 1. The van der Waals surface area contributed by atoms with Crippen LogP contribution in [0.25, 0.3) is 10.9 Å². The molecule has 3 N–H and O–H groups in total. The Morgan fingerprint density at radius 1 is 1.29 bits per heavy atom. The van der Waals surface area contributed by atoms with Crippen LogP contribution in [0, 0.1) is 11.3 Å².